The van der Waals surface area contributed by atoms with Crippen molar-refractivity contribution in [3.63, 3.8) is 0 Å². The van der Waals surface area contributed by atoms with Gasteiger partial charge in [0.2, 0.25) is 0 Å². The molecule has 0 bridgehead atoms. The van der Waals surface area contributed by atoms with Gasteiger partial charge in [-0.25, -0.2) is 0 Å². The normalized spacial score (nSPS) is 13.4. The van der Waals surface area contributed by atoms with E-state index in [2.05, 4.69) is 71.1 Å². The molecule has 0 aromatic heterocycles. The van der Waals surface area contributed by atoms with Gasteiger partial charge < -0.3 is 5.32 Å². The molecule has 0 heterocycles. The van der Waals surface area contributed by atoms with Gasteiger partial charge in [-0.15, -0.1) is 0 Å². The quantitative estimate of drug-likeness (QED) is 0.713. The predicted molar refractivity (Wildman–Crippen MR) is 90.3 cm³/mol. The molecule has 1 aromatic carbocycles. The van der Waals surface area contributed by atoms with E-state index in [0.29, 0.717) is 5.92 Å². The Hall–Kier alpha value is -0.820. The molecule has 0 aliphatic carbocycles. The van der Waals surface area contributed by atoms with Crippen molar-refractivity contribution in [2.45, 2.75) is 53.9 Å². The summed E-state index contributed by atoms with van der Waals surface area (Å²) in [5.74, 6) is 2.80. The summed E-state index contributed by atoms with van der Waals surface area (Å²) in [6.45, 7) is 16.0. The lowest BCUT2D eigenvalue weighted by atomic mass is 9.88. The largest absolute Gasteiger partial charge is 0.316 e. The van der Waals surface area contributed by atoms with Gasteiger partial charge in [-0.1, -0.05) is 65.8 Å². The summed E-state index contributed by atoms with van der Waals surface area (Å²) in [6.07, 6.45) is 1.18. The van der Waals surface area contributed by atoms with E-state index in [1.165, 1.54) is 17.5 Å². The molecule has 1 aromatic rings. The zero-order valence-electron chi connectivity index (χ0n) is 14.2. The van der Waals surface area contributed by atoms with Crippen LogP contribution in [0.25, 0.3) is 0 Å². The molecule has 0 aliphatic heterocycles. The number of hydrogen-bond acceptors (Lipinski definition) is 1. The zero-order chi connectivity index (χ0) is 15.1. The minimum absolute atomic E-state index is 0.623. The summed E-state index contributed by atoms with van der Waals surface area (Å²) in [4.78, 5) is 0. The molecule has 0 saturated carbocycles. The molecule has 1 nitrogen and oxygen atoms in total. The molecule has 0 spiro atoms. The number of benzene rings is 1. The maximum Gasteiger partial charge on any atom is -0.00148 e. The summed E-state index contributed by atoms with van der Waals surface area (Å²) in [5, 5.41) is 3.62. The molecular formula is C19H33N. The molecule has 20 heavy (non-hydrogen) atoms. The van der Waals surface area contributed by atoms with Gasteiger partial charge >= 0.3 is 0 Å². The van der Waals surface area contributed by atoms with E-state index in [-0.39, 0.29) is 0 Å². The third-order valence-electron chi connectivity index (χ3n) is 4.05. The molecule has 0 radical (unpaired) electrons. The van der Waals surface area contributed by atoms with E-state index in [1.54, 1.807) is 0 Å². The highest BCUT2D eigenvalue weighted by atomic mass is 14.9. The van der Waals surface area contributed by atoms with E-state index in [1.807, 2.05) is 0 Å². The second kappa shape index (κ2) is 8.46. The Bertz CT molecular complexity index is 362. The van der Waals surface area contributed by atoms with Crippen molar-refractivity contribution >= 4 is 0 Å². The molecule has 114 valence electrons. The van der Waals surface area contributed by atoms with Crippen LogP contribution in [0.15, 0.2) is 24.3 Å². The fourth-order valence-corrected chi connectivity index (χ4v) is 2.44. The van der Waals surface area contributed by atoms with Crippen LogP contribution in [0.3, 0.4) is 0 Å². The Morgan fingerprint density at radius 3 is 1.90 bits per heavy atom. The van der Waals surface area contributed by atoms with E-state index in [4.69, 9.17) is 0 Å². The lowest BCUT2D eigenvalue weighted by Gasteiger charge is -2.22. The summed E-state index contributed by atoms with van der Waals surface area (Å²) < 4.78 is 0. The Balaban J connectivity index is 2.56. The van der Waals surface area contributed by atoms with Gasteiger partial charge in [-0.2, -0.15) is 0 Å². The van der Waals surface area contributed by atoms with Gasteiger partial charge in [0.25, 0.3) is 0 Å². The van der Waals surface area contributed by atoms with Crippen LogP contribution in [0.5, 0.6) is 0 Å². The molecular weight excluding hydrogens is 242 g/mol. The Labute approximate surface area is 126 Å². The van der Waals surface area contributed by atoms with Crippen molar-refractivity contribution in [1.29, 1.82) is 0 Å². The lowest BCUT2D eigenvalue weighted by molar-refractivity contribution is 0.352. The summed E-state index contributed by atoms with van der Waals surface area (Å²) in [6, 6.07) is 9.21. The van der Waals surface area contributed by atoms with E-state index >= 15 is 0 Å². The molecule has 1 atom stereocenters. The van der Waals surface area contributed by atoms with Crippen molar-refractivity contribution < 1.29 is 0 Å². The number of nitrogens with one attached hydrogen (secondary N) is 1. The highest BCUT2D eigenvalue weighted by Crippen LogP contribution is 2.20. The SMILES string of the molecule is CC(C)CNCC(Cc1ccc(C(C)C)cc1)C(C)C. The highest BCUT2D eigenvalue weighted by molar-refractivity contribution is 5.25. The molecule has 0 aliphatic rings. The first kappa shape index (κ1) is 17.2. The minimum Gasteiger partial charge on any atom is -0.316 e. The second-order valence-electron chi connectivity index (χ2n) is 7.16. The predicted octanol–water partition coefficient (Wildman–Crippen LogP) is 4.87. The third-order valence-corrected chi connectivity index (χ3v) is 4.05. The van der Waals surface area contributed by atoms with Crippen molar-refractivity contribution in [2.24, 2.45) is 17.8 Å². The van der Waals surface area contributed by atoms with Crippen LogP contribution in [0, 0.1) is 17.8 Å². The van der Waals surface area contributed by atoms with Crippen molar-refractivity contribution in [2.75, 3.05) is 13.1 Å². The van der Waals surface area contributed by atoms with Gasteiger partial charge in [0.05, 0.1) is 0 Å². The zero-order valence-corrected chi connectivity index (χ0v) is 14.2. The lowest BCUT2D eigenvalue weighted by Crippen LogP contribution is -2.30. The van der Waals surface area contributed by atoms with Crippen molar-refractivity contribution in [1.82, 2.24) is 5.32 Å². The summed E-state index contributed by atoms with van der Waals surface area (Å²) >= 11 is 0. The van der Waals surface area contributed by atoms with E-state index in [0.717, 1.165) is 30.8 Å². The van der Waals surface area contributed by atoms with Crippen LogP contribution in [-0.2, 0) is 6.42 Å². The van der Waals surface area contributed by atoms with E-state index < -0.39 is 0 Å². The number of hydrogen-bond donors (Lipinski definition) is 1. The van der Waals surface area contributed by atoms with Gasteiger partial charge in [-0.3, -0.25) is 0 Å². The molecule has 0 saturated heterocycles. The van der Waals surface area contributed by atoms with Crippen LogP contribution < -0.4 is 5.32 Å². The topological polar surface area (TPSA) is 12.0 Å². The maximum atomic E-state index is 3.62. The van der Waals surface area contributed by atoms with Gasteiger partial charge in [0.15, 0.2) is 0 Å². The molecule has 1 N–H and O–H groups in total. The molecule has 1 heteroatoms. The molecule has 1 unspecified atom stereocenters. The first-order valence-electron chi connectivity index (χ1n) is 8.19. The van der Waals surface area contributed by atoms with Crippen LogP contribution >= 0.6 is 0 Å². The molecule has 1 rings (SSSR count). The molecule has 0 amide bonds. The van der Waals surface area contributed by atoms with Gasteiger partial charge in [-0.05, 0) is 54.3 Å². The Morgan fingerprint density at radius 2 is 1.45 bits per heavy atom. The van der Waals surface area contributed by atoms with E-state index in [9.17, 15) is 0 Å². The Morgan fingerprint density at radius 1 is 0.850 bits per heavy atom. The second-order valence-corrected chi connectivity index (χ2v) is 7.16. The van der Waals surface area contributed by atoms with Crippen LogP contribution in [0.1, 0.15) is 58.6 Å². The average molecular weight is 275 g/mol. The maximum absolute atomic E-state index is 3.62. The van der Waals surface area contributed by atoms with Gasteiger partial charge in [0, 0.05) is 0 Å². The smallest absolute Gasteiger partial charge is 0.00148 e. The van der Waals surface area contributed by atoms with Crippen LogP contribution in [-0.4, -0.2) is 13.1 Å². The highest BCUT2D eigenvalue weighted by Gasteiger charge is 2.14. The average Bonchev–Trinajstić information content (AvgIpc) is 2.37. The Kier molecular flexibility index (Phi) is 7.29. The first-order chi connectivity index (χ1) is 9.40. The van der Waals surface area contributed by atoms with Crippen LogP contribution in [0.2, 0.25) is 0 Å². The van der Waals surface area contributed by atoms with Crippen molar-refractivity contribution in [3.05, 3.63) is 35.4 Å². The third kappa shape index (κ3) is 6.09. The summed E-state index contributed by atoms with van der Waals surface area (Å²) in [7, 11) is 0. The first-order valence-corrected chi connectivity index (χ1v) is 8.19. The van der Waals surface area contributed by atoms with Crippen LogP contribution in [0.4, 0.5) is 0 Å². The fourth-order valence-electron chi connectivity index (χ4n) is 2.44. The standard InChI is InChI=1S/C19H33N/c1-14(2)12-20-13-19(16(5)6)11-17-7-9-18(10-8-17)15(3)4/h7-10,14-16,19-20H,11-13H2,1-6H3. The fraction of sp³-hybridized carbons (Fsp3) is 0.684. The summed E-state index contributed by atoms with van der Waals surface area (Å²) in [5.41, 5.74) is 2.91. The van der Waals surface area contributed by atoms with Gasteiger partial charge in [0.1, 0.15) is 0 Å². The monoisotopic (exact) mass is 275 g/mol. The minimum atomic E-state index is 0.623. The molecule has 0 fully saturated rings. The number of rotatable bonds is 8. The van der Waals surface area contributed by atoms with Crippen molar-refractivity contribution in [3.8, 4) is 0 Å².